The predicted molar refractivity (Wildman–Crippen MR) is 68.3 cm³/mol. The van der Waals surface area contributed by atoms with Crippen molar-refractivity contribution in [2.24, 2.45) is 0 Å². The molecule has 1 unspecified atom stereocenters. The SMILES string of the molecule is C#CCCOCC(COCCC=C)OP(O)(O)(F)F. The van der Waals surface area contributed by atoms with E-state index in [0.29, 0.717) is 12.8 Å². The molecule has 2 N–H and O–H groups in total. The van der Waals surface area contributed by atoms with Crippen molar-refractivity contribution >= 4 is 7.91 Å². The molecule has 0 amide bonds. The summed E-state index contributed by atoms with van der Waals surface area (Å²) < 4.78 is 39.3. The summed E-state index contributed by atoms with van der Waals surface area (Å²) >= 11 is 0. The van der Waals surface area contributed by atoms with E-state index in [4.69, 9.17) is 25.7 Å². The molecule has 0 aliphatic carbocycles. The van der Waals surface area contributed by atoms with Crippen LogP contribution < -0.4 is 0 Å². The second-order valence-corrected chi connectivity index (χ2v) is 5.39. The molecule has 0 fully saturated rings. The van der Waals surface area contributed by atoms with Crippen molar-refractivity contribution in [1.82, 2.24) is 0 Å². The van der Waals surface area contributed by atoms with E-state index in [2.05, 4.69) is 17.0 Å². The molecule has 0 aromatic heterocycles. The van der Waals surface area contributed by atoms with Gasteiger partial charge in [0, 0.05) is 0 Å². The first-order chi connectivity index (χ1) is 8.74. The van der Waals surface area contributed by atoms with Gasteiger partial charge >= 0.3 is 110 Å². The Morgan fingerprint density at radius 2 is 1.84 bits per heavy atom. The number of rotatable bonds is 11. The third kappa shape index (κ3) is 13.6. The Labute approximate surface area is 111 Å². The molecule has 0 rings (SSSR count). The number of ether oxygens (including phenoxy) is 2. The fourth-order valence-electron chi connectivity index (χ4n) is 1.08. The van der Waals surface area contributed by atoms with Crippen molar-refractivity contribution in [3.05, 3.63) is 12.7 Å². The molecule has 0 heterocycles. The van der Waals surface area contributed by atoms with E-state index in [1.54, 1.807) is 6.08 Å². The summed E-state index contributed by atoms with van der Waals surface area (Å²) in [5, 5.41) is 0. The van der Waals surface area contributed by atoms with Crippen LogP contribution in [0.15, 0.2) is 12.7 Å². The quantitative estimate of drug-likeness (QED) is 0.264. The van der Waals surface area contributed by atoms with Crippen molar-refractivity contribution in [1.29, 1.82) is 0 Å². The Kier molecular flexibility index (Phi) is 8.26. The average molecular weight is 300 g/mol. The first-order valence-corrected chi connectivity index (χ1v) is 7.43. The molecule has 0 saturated heterocycles. The Bertz CT molecular complexity index is 301. The van der Waals surface area contributed by atoms with Crippen molar-refractivity contribution in [2.45, 2.75) is 18.9 Å². The van der Waals surface area contributed by atoms with E-state index < -0.39 is 14.0 Å². The van der Waals surface area contributed by atoms with Gasteiger partial charge in [0.1, 0.15) is 0 Å². The first-order valence-electron chi connectivity index (χ1n) is 5.59. The van der Waals surface area contributed by atoms with Gasteiger partial charge in [-0.3, -0.25) is 0 Å². The molecule has 0 saturated carbocycles. The normalized spacial score (nSPS) is 15.2. The van der Waals surface area contributed by atoms with Gasteiger partial charge in [0.05, 0.1) is 0 Å². The van der Waals surface area contributed by atoms with Crippen LogP contribution in [0.25, 0.3) is 0 Å². The van der Waals surface area contributed by atoms with E-state index in [-0.39, 0.29) is 26.4 Å². The van der Waals surface area contributed by atoms with E-state index in [0.717, 1.165) is 0 Å². The number of hydrogen-bond donors (Lipinski definition) is 2. The van der Waals surface area contributed by atoms with Crippen LogP contribution in [-0.4, -0.2) is 42.3 Å². The Morgan fingerprint density at radius 3 is 2.32 bits per heavy atom. The van der Waals surface area contributed by atoms with Crippen LogP contribution >= 0.6 is 7.91 Å². The van der Waals surface area contributed by atoms with E-state index in [1.807, 2.05) is 0 Å². The molecule has 0 aliphatic rings. The summed E-state index contributed by atoms with van der Waals surface area (Å²) in [5.74, 6) is 2.31. The molecule has 1 atom stereocenters. The monoisotopic (exact) mass is 300 g/mol. The van der Waals surface area contributed by atoms with Crippen molar-refractivity contribution < 1.29 is 32.2 Å². The van der Waals surface area contributed by atoms with Gasteiger partial charge in [-0.25, -0.2) is 0 Å². The summed E-state index contributed by atoms with van der Waals surface area (Å²) in [5.41, 5.74) is 0. The fraction of sp³-hybridized carbons (Fsp3) is 0.636. The summed E-state index contributed by atoms with van der Waals surface area (Å²) in [6.07, 6.45) is 6.16. The fourth-order valence-corrected chi connectivity index (χ4v) is 1.70. The van der Waals surface area contributed by atoms with Crippen LogP contribution in [0.1, 0.15) is 12.8 Å². The molecule has 112 valence electrons. The van der Waals surface area contributed by atoms with Crippen LogP contribution in [0.4, 0.5) is 8.39 Å². The third-order valence-electron chi connectivity index (χ3n) is 1.79. The molecule has 0 aliphatic heterocycles. The first kappa shape index (κ1) is 18.4. The van der Waals surface area contributed by atoms with Gasteiger partial charge in [-0.15, -0.1) is 0 Å². The molecular weight excluding hydrogens is 281 g/mol. The molecule has 8 heteroatoms. The van der Waals surface area contributed by atoms with Gasteiger partial charge in [0.2, 0.25) is 0 Å². The topological polar surface area (TPSA) is 68.2 Å². The average Bonchev–Trinajstić information content (AvgIpc) is 2.27. The maximum atomic E-state index is 12.7. The number of hydrogen-bond acceptors (Lipinski definition) is 5. The maximum absolute atomic E-state index is 12.7. The third-order valence-corrected chi connectivity index (χ3v) is 2.43. The Hall–Kier alpha value is -0.610. The molecule has 0 spiro atoms. The van der Waals surface area contributed by atoms with E-state index in [1.165, 1.54) is 0 Å². The van der Waals surface area contributed by atoms with Crippen LogP contribution in [0.3, 0.4) is 0 Å². The standard InChI is InChI=1S/C11H19F2O5P/c1-3-5-7-16-9-11(10-17-8-6-4-2)18-19(12,13,14)15/h1,4,11,14-15H,2,5-10H2. The molecule has 5 nitrogen and oxygen atoms in total. The molecule has 19 heavy (non-hydrogen) atoms. The van der Waals surface area contributed by atoms with Gasteiger partial charge in [0.15, 0.2) is 0 Å². The summed E-state index contributed by atoms with van der Waals surface area (Å²) in [6, 6.07) is 0. The van der Waals surface area contributed by atoms with Crippen LogP contribution in [0.5, 0.6) is 0 Å². The Balaban J connectivity index is 4.15. The minimum atomic E-state index is -7.04. The summed E-state index contributed by atoms with van der Waals surface area (Å²) in [4.78, 5) is 16.9. The van der Waals surface area contributed by atoms with Crippen LogP contribution in [-0.2, 0) is 14.0 Å². The van der Waals surface area contributed by atoms with E-state index >= 15 is 0 Å². The van der Waals surface area contributed by atoms with Crippen molar-refractivity contribution in [3.8, 4) is 12.3 Å². The molecular formula is C11H19F2O5P. The summed E-state index contributed by atoms with van der Waals surface area (Å²) in [6.45, 7) is 3.37. The van der Waals surface area contributed by atoms with Gasteiger partial charge in [-0.1, -0.05) is 0 Å². The summed E-state index contributed by atoms with van der Waals surface area (Å²) in [7, 11) is -7.04. The van der Waals surface area contributed by atoms with Crippen molar-refractivity contribution in [3.63, 3.8) is 0 Å². The van der Waals surface area contributed by atoms with Crippen molar-refractivity contribution in [2.75, 3.05) is 26.4 Å². The molecule has 0 aromatic carbocycles. The van der Waals surface area contributed by atoms with Gasteiger partial charge in [0.25, 0.3) is 0 Å². The zero-order chi connectivity index (χ0) is 14.8. The molecule has 0 aromatic rings. The van der Waals surface area contributed by atoms with Gasteiger partial charge in [-0.2, -0.15) is 0 Å². The predicted octanol–water partition coefficient (Wildman–Crippen LogP) is 2.06. The molecule has 0 radical (unpaired) electrons. The zero-order valence-electron chi connectivity index (χ0n) is 10.5. The van der Waals surface area contributed by atoms with E-state index in [9.17, 15) is 8.39 Å². The van der Waals surface area contributed by atoms with Crippen LogP contribution in [0.2, 0.25) is 0 Å². The van der Waals surface area contributed by atoms with Crippen LogP contribution in [0, 0.1) is 12.3 Å². The second-order valence-electron chi connectivity index (χ2n) is 3.67. The van der Waals surface area contributed by atoms with Gasteiger partial charge < -0.3 is 0 Å². The second kappa shape index (κ2) is 8.54. The Morgan fingerprint density at radius 1 is 1.26 bits per heavy atom. The zero-order valence-corrected chi connectivity index (χ0v) is 11.4. The number of terminal acetylenes is 1. The molecule has 0 bridgehead atoms. The van der Waals surface area contributed by atoms with Gasteiger partial charge in [-0.05, 0) is 0 Å². The number of halogens is 2. The minimum absolute atomic E-state index is 0.161.